The van der Waals surface area contributed by atoms with Gasteiger partial charge in [-0.15, -0.1) is 0 Å². The lowest BCUT2D eigenvalue weighted by atomic mass is 10.0. The number of hydrogen-bond acceptors (Lipinski definition) is 5. The van der Waals surface area contributed by atoms with Crippen LogP contribution in [0.4, 0.5) is 5.69 Å². The van der Waals surface area contributed by atoms with Crippen LogP contribution in [0.2, 0.25) is 5.02 Å². The molecule has 0 saturated heterocycles. The molecule has 1 aromatic heterocycles. The number of benzene rings is 1. The van der Waals surface area contributed by atoms with Gasteiger partial charge >= 0.3 is 0 Å². The predicted molar refractivity (Wildman–Crippen MR) is 84.3 cm³/mol. The number of nitro benzene ring substituents is 1. The molecular formula is C14H16ClN5O3. The number of nitrogens with zero attached hydrogens (tertiary/aromatic N) is 3. The van der Waals surface area contributed by atoms with E-state index in [-0.39, 0.29) is 28.2 Å². The molecule has 1 heterocycles. The number of amides is 1. The molecule has 2 aromatic rings. The summed E-state index contributed by atoms with van der Waals surface area (Å²) >= 11 is 5.84. The molecule has 23 heavy (non-hydrogen) atoms. The Morgan fingerprint density at radius 1 is 1.43 bits per heavy atom. The summed E-state index contributed by atoms with van der Waals surface area (Å²) in [6.07, 6.45) is 0. The second-order valence-electron chi connectivity index (χ2n) is 5.40. The molecule has 1 unspecified atom stereocenters. The Balaban J connectivity index is 2.22. The lowest BCUT2D eigenvalue weighted by Crippen LogP contribution is -2.32. The van der Waals surface area contributed by atoms with Crippen LogP contribution in [-0.4, -0.2) is 26.0 Å². The smallest absolute Gasteiger partial charge is 0.287 e. The van der Waals surface area contributed by atoms with Gasteiger partial charge in [0.15, 0.2) is 5.82 Å². The van der Waals surface area contributed by atoms with E-state index in [0.29, 0.717) is 11.6 Å². The van der Waals surface area contributed by atoms with Crippen molar-refractivity contribution in [3.05, 3.63) is 50.5 Å². The topological polar surface area (TPSA) is 114 Å². The lowest BCUT2D eigenvalue weighted by molar-refractivity contribution is -0.384. The van der Waals surface area contributed by atoms with Gasteiger partial charge in [0.2, 0.25) is 0 Å². The minimum atomic E-state index is -0.600. The first-order valence-electron chi connectivity index (χ1n) is 6.93. The van der Waals surface area contributed by atoms with Crippen LogP contribution in [0.1, 0.15) is 41.9 Å². The van der Waals surface area contributed by atoms with Gasteiger partial charge in [0.25, 0.3) is 11.6 Å². The van der Waals surface area contributed by atoms with Crippen LogP contribution in [0.25, 0.3) is 0 Å². The number of aryl methyl sites for hydroxylation is 1. The highest BCUT2D eigenvalue weighted by atomic mass is 35.5. The minimum absolute atomic E-state index is 0.0580. The second kappa shape index (κ2) is 6.74. The van der Waals surface area contributed by atoms with Crippen molar-refractivity contribution in [3.8, 4) is 0 Å². The molecule has 1 atom stereocenters. The van der Waals surface area contributed by atoms with Crippen LogP contribution in [0, 0.1) is 23.0 Å². The quantitative estimate of drug-likeness (QED) is 0.643. The van der Waals surface area contributed by atoms with E-state index in [2.05, 4.69) is 20.5 Å². The van der Waals surface area contributed by atoms with Gasteiger partial charge in [-0.2, -0.15) is 5.10 Å². The highest BCUT2D eigenvalue weighted by molar-refractivity contribution is 6.33. The molecule has 0 fully saturated rings. The number of carbonyl (C=O) groups excluding carboxylic acids is 1. The molecule has 8 nitrogen and oxygen atoms in total. The summed E-state index contributed by atoms with van der Waals surface area (Å²) in [5.41, 5.74) is -0.00766. The predicted octanol–water partition coefficient (Wildman–Crippen LogP) is 2.80. The summed E-state index contributed by atoms with van der Waals surface area (Å²) in [5.74, 6) is 0.794. The first kappa shape index (κ1) is 16.9. The van der Waals surface area contributed by atoms with Gasteiger partial charge in [-0.3, -0.25) is 20.0 Å². The van der Waals surface area contributed by atoms with E-state index >= 15 is 0 Å². The van der Waals surface area contributed by atoms with Crippen molar-refractivity contribution in [1.29, 1.82) is 0 Å². The summed E-state index contributed by atoms with van der Waals surface area (Å²) in [7, 11) is 0. The zero-order valence-electron chi connectivity index (χ0n) is 12.8. The average molecular weight is 338 g/mol. The average Bonchev–Trinajstić information content (AvgIpc) is 2.89. The van der Waals surface area contributed by atoms with Crippen molar-refractivity contribution < 1.29 is 9.72 Å². The summed E-state index contributed by atoms with van der Waals surface area (Å²) in [6, 6.07) is 3.45. The van der Waals surface area contributed by atoms with Crippen molar-refractivity contribution in [3.63, 3.8) is 0 Å². The van der Waals surface area contributed by atoms with Gasteiger partial charge in [-0.25, -0.2) is 4.98 Å². The normalized spacial score (nSPS) is 12.2. The van der Waals surface area contributed by atoms with Crippen molar-refractivity contribution in [2.75, 3.05) is 0 Å². The van der Waals surface area contributed by atoms with Crippen molar-refractivity contribution in [1.82, 2.24) is 20.5 Å². The minimum Gasteiger partial charge on any atom is -0.342 e. The van der Waals surface area contributed by atoms with Crippen molar-refractivity contribution in [2.24, 2.45) is 5.92 Å². The monoisotopic (exact) mass is 337 g/mol. The Morgan fingerprint density at radius 2 is 2.13 bits per heavy atom. The van der Waals surface area contributed by atoms with E-state index < -0.39 is 10.8 Å². The third-order valence-electron chi connectivity index (χ3n) is 3.25. The first-order valence-corrected chi connectivity index (χ1v) is 7.31. The highest BCUT2D eigenvalue weighted by Gasteiger charge is 2.24. The van der Waals surface area contributed by atoms with E-state index in [0.717, 1.165) is 0 Å². The number of hydrogen-bond donors (Lipinski definition) is 2. The zero-order valence-corrected chi connectivity index (χ0v) is 13.6. The molecule has 9 heteroatoms. The van der Waals surface area contributed by atoms with Crippen LogP contribution in [-0.2, 0) is 0 Å². The molecule has 122 valence electrons. The molecule has 0 spiro atoms. The fraction of sp³-hybridized carbons (Fsp3) is 0.357. The molecule has 1 amide bonds. The molecule has 0 bridgehead atoms. The number of nitro groups is 1. The molecule has 0 aliphatic rings. The lowest BCUT2D eigenvalue weighted by Gasteiger charge is -2.19. The Labute approximate surface area is 137 Å². The van der Waals surface area contributed by atoms with E-state index in [4.69, 9.17) is 11.6 Å². The molecule has 1 aromatic carbocycles. The van der Waals surface area contributed by atoms with Gasteiger partial charge in [0.1, 0.15) is 10.8 Å². The summed E-state index contributed by atoms with van der Waals surface area (Å²) < 4.78 is 0. The summed E-state index contributed by atoms with van der Waals surface area (Å²) in [5, 5.41) is 20.3. The standard InChI is InChI=1S/C14H16ClN5O3/c1-7(2)12(13-16-8(3)18-19-13)17-14(21)9-4-5-11(20(22)23)10(15)6-9/h4-7,12H,1-3H3,(H,17,21)(H,16,18,19). The molecule has 0 saturated carbocycles. The number of halogens is 1. The van der Waals surface area contributed by atoms with Crippen LogP contribution in [0.5, 0.6) is 0 Å². The van der Waals surface area contributed by atoms with Gasteiger partial charge in [-0.05, 0) is 25.0 Å². The summed E-state index contributed by atoms with van der Waals surface area (Å²) in [4.78, 5) is 26.8. The van der Waals surface area contributed by atoms with Crippen LogP contribution in [0.15, 0.2) is 18.2 Å². The molecule has 2 rings (SSSR count). The highest BCUT2D eigenvalue weighted by Crippen LogP contribution is 2.26. The Morgan fingerprint density at radius 3 is 2.61 bits per heavy atom. The molecular weight excluding hydrogens is 322 g/mol. The Kier molecular flexibility index (Phi) is 4.95. The molecule has 0 aliphatic carbocycles. The largest absolute Gasteiger partial charge is 0.342 e. The molecule has 0 radical (unpaired) electrons. The number of nitrogens with one attached hydrogen (secondary N) is 2. The van der Waals surface area contributed by atoms with Crippen LogP contribution >= 0.6 is 11.6 Å². The van der Waals surface area contributed by atoms with Gasteiger partial charge in [-0.1, -0.05) is 25.4 Å². The van der Waals surface area contributed by atoms with Crippen molar-refractivity contribution >= 4 is 23.2 Å². The van der Waals surface area contributed by atoms with E-state index in [1.54, 1.807) is 6.92 Å². The Bertz CT molecular complexity index is 744. The van der Waals surface area contributed by atoms with Crippen molar-refractivity contribution in [2.45, 2.75) is 26.8 Å². The zero-order chi connectivity index (χ0) is 17.1. The maximum absolute atomic E-state index is 12.4. The van der Waals surface area contributed by atoms with Gasteiger partial charge < -0.3 is 5.32 Å². The fourth-order valence-electron chi connectivity index (χ4n) is 2.05. The maximum Gasteiger partial charge on any atom is 0.287 e. The van der Waals surface area contributed by atoms with E-state index in [1.807, 2.05) is 13.8 Å². The third-order valence-corrected chi connectivity index (χ3v) is 3.56. The maximum atomic E-state index is 12.4. The van der Waals surface area contributed by atoms with Crippen LogP contribution in [0.3, 0.4) is 0 Å². The second-order valence-corrected chi connectivity index (χ2v) is 5.80. The third kappa shape index (κ3) is 3.84. The molecule has 0 aliphatic heterocycles. The SMILES string of the molecule is Cc1nc(C(NC(=O)c2ccc([N+](=O)[O-])c(Cl)c2)C(C)C)n[nH]1. The van der Waals surface area contributed by atoms with E-state index in [9.17, 15) is 14.9 Å². The van der Waals surface area contributed by atoms with Gasteiger partial charge in [0, 0.05) is 11.6 Å². The number of carbonyl (C=O) groups is 1. The molecule has 2 N–H and O–H groups in total. The van der Waals surface area contributed by atoms with Crippen LogP contribution < -0.4 is 5.32 Å². The fourth-order valence-corrected chi connectivity index (χ4v) is 2.30. The van der Waals surface area contributed by atoms with E-state index in [1.165, 1.54) is 18.2 Å². The summed E-state index contributed by atoms with van der Waals surface area (Å²) in [6.45, 7) is 5.63. The Hall–Kier alpha value is -2.48. The van der Waals surface area contributed by atoms with Gasteiger partial charge in [0.05, 0.1) is 11.0 Å². The number of aromatic amines is 1. The number of H-pyrrole nitrogens is 1. The number of aromatic nitrogens is 3. The first-order chi connectivity index (χ1) is 10.8. The number of rotatable bonds is 5.